The average Bonchev–Trinajstić information content (AvgIpc) is 3.46. The number of rotatable bonds is 8. The Kier molecular flexibility index (Phi) is 7.05. The molecule has 3 aromatic rings. The highest BCUT2D eigenvalue weighted by Gasteiger charge is 2.51. The second-order valence-corrected chi connectivity index (χ2v) is 11.7. The van der Waals surface area contributed by atoms with Crippen LogP contribution in [0.15, 0.2) is 73.1 Å². The van der Waals surface area contributed by atoms with Gasteiger partial charge in [-0.2, -0.15) is 0 Å². The van der Waals surface area contributed by atoms with Gasteiger partial charge in [-0.25, -0.2) is 0 Å². The molecular weight excluding hydrogens is 458 g/mol. The summed E-state index contributed by atoms with van der Waals surface area (Å²) >= 11 is 0. The van der Waals surface area contributed by atoms with E-state index in [1.165, 1.54) is 29.5 Å². The highest BCUT2D eigenvalue weighted by molar-refractivity contribution is 5.45. The van der Waals surface area contributed by atoms with Crippen LogP contribution >= 0.6 is 0 Å². The lowest BCUT2D eigenvalue weighted by Crippen LogP contribution is -2.53. The van der Waals surface area contributed by atoms with Crippen LogP contribution in [0.2, 0.25) is 0 Å². The standard InChI is InChI=1S/C33H39NO3/c35-32(24-37-29-10-4-5-11-29)16-17-33(20-25-7-2-1-3-8-25)28(21-32)13-12-27-19-30(14-15-31(27)33)36-23-26-9-6-18-34-22-26/h1-3,6-9,14-15,18-19,22,28-29,35H,4-5,10-13,16-17,20-21,23-24H2/t28-,32-,33+/m1/s1. The van der Waals surface area contributed by atoms with Crippen LogP contribution in [0.1, 0.15) is 73.6 Å². The molecule has 0 spiro atoms. The Balaban J connectivity index is 1.25. The smallest absolute Gasteiger partial charge is 0.120 e. The van der Waals surface area contributed by atoms with E-state index in [-0.39, 0.29) is 5.41 Å². The van der Waals surface area contributed by atoms with E-state index >= 15 is 0 Å². The van der Waals surface area contributed by atoms with E-state index in [1.807, 2.05) is 18.3 Å². The number of nitrogens with zero attached hydrogens (tertiary/aromatic N) is 1. The lowest BCUT2D eigenvalue weighted by atomic mass is 9.52. The molecule has 6 rings (SSSR count). The van der Waals surface area contributed by atoms with Crippen molar-refractivity contribution < 1.29 is 14.6 Å². The molecule has 0 amide bonds. The van der Waals surface area contributed by atoms with E-state index < -0.39 is 5.60 Å². The van der Waals surface area contributed by atoms with Crippen LogP contribution in [0.3, 0.4) is 0 Å². The highest BCUT2D eigenvalue weighted by Crippen LogP contribution is 2.54. The van der Waals surface area contributed by atoms with Crippen molar-refractivity contribution in [3.8, 4) is 5.75 Å². The topological polar surface area (TPSA) is 51.6 Å². The summed E-state index contributed by atoms with van der Waals surface area (Å²) in [7, 11) is 0. The SMILES string of the molecule is O[C@]1(COC2CCCC2)CC[C@@]2(Cc3ccccc3)c3ccc(OCc4cccnc4)cc3CC[C@@H]2C1. The number of hydrogen-bond donors (Lipinski definition) is 1. The van der Waals surface area contributed by atoms with Crippen LogP contribution in [-0.2, 0) is 29.6 Å². The first kappa shape index (κ1) is 24.6. The van der Waals surface area contributed by atoms with Gasteiger partial charge in [0.15, 0.2) is 0 Å². The highest BCUT2D eigenvalue weighted by atomic mass is 16.5. The minimum absolute atomic E-state index is 0.0381. The molecule has 2 saturated carbocycles. The van der Waals surface area contributed by atoms with E-state index in [1.54, 1.807) is 6.20 Å². The molecule has 2 fully saturated rings. The Morgan fingerprint density at radius 1 is 0.919 bits per heavy atom. The van der Waals surface area contributed by atoms with Gasteiger partial charge in [-0.1, -0.05) is 55.3 Å². The predicted molar refractivity (Wildman–Crippen MR) is 146 cm³/mol. The van der Waals surface area contributed by atoms with Gasteiger partial charge in [0.1, 0.15) is 12.4 Å². The Bertz CT molecular complexity index is 1180. The summed E-state index contributed by atoms with van der Waals surface area (Å²) in [5.41, 5.74) is 4.65. The van der Waals surface area contributed by atoms with Gasteiger partial charge in [-0.15, -0.1) is 0 Å². The molecule has 4 nitrogen and oxygen atoms in total. The van der Waals surface area contributed by atoms with E-state index in [4.69, 9.17) is 9.47 Å². The van der Waals surface area contributed by atoms with E-state index in [2.05, 4.69) is 53.5 Å². The summed E-state index contributed by atoms with van der Waals surface area (Å²) in [5.74, 6) is 1.36. The molecule has 3 aliphatic rings. The molecule has 0 saturated heterocycles. The zero-order valence-corrected chi connectivity index (χ0v) is 21.8. The van der Waals surface area contributed by atoms with Crippen LogP contribution in [0.4, 0.5) is 0 Å². The second-order valence-electron chi connectivity index (χ2n) is 11.7. The molecule has 37 heavy (non-hydrogen) atoms. The summed E-state index contributed by atoms with van der Waals surface area (Å²) in [6, 6.07) is 21.6. The minimum atomic E-state index is -0.711. The van der Waals surface area contributed by atoms with Crippen molar-refractivity contribution in [2.45, 2.75) is 87.9 Å². The zero-order valence-electron chi connectivity index (χ0n) is 21.8. The number of ether oxygens (including phenoxy) is 2. The number of aliphatic hydroxyl groups is 1. The molecule has 0 unspecified atom stereocenters. The first-order valence-corrected chi connectivity index (χ1v) is 14.2. The van der Waals surface area contributed by atoms with Crippen molar-refractivity contribution >= 4 is 0 Å². The molecule has 194 valence electrons. The van der Waals surface area contributed by atoms with E-state index in [0.29, 0.717) is 25.2 Å². The fourth-order valence-electron chi connectivity index (χ4n) is 7.23. The first-order valence-electron chi connectivity index (χ1n) is 14.2. The van der Waals surface area contributed by atoms with Crippen molar-refractivity contribution in [1.82, 2.24) is 4.98 Å². The Morgan fingerprint density at radius 3 is 2.57 bits per heavy atom. The van der Waals surface area contributed by atoms with Gasteiger partial charge in [-0.05, 0) is 92.2 Å². The Labute approximate surface area is 221 Å². The fourth-order valence-corrected chi connectivity index (χ4v) is 7.23. The molecule has 3 atom stereocenters. The van der Waals surface area contributed by atoms with Crippen molar-refractivity contribution in [1.29, 1.82) is 0 Å². The zero-order chi connectivity index (χ0) is 25.1. The van der Waals surface area contributed by atoms with Crippen LogP contribution in [0.25, 0.3) is 0 Å². The number of benzene rings is 2. The number of aromatic nitrogens is 1. The lowest BCUT2D eigenvalue weighted by molar-refractivity contribution is -0.115. The Morgan fingerprint density at radius 2 is 1.76 bits per heavy atom. The fraction of sp³-hybridized carbons (Fsp3) is 0.485. The van der Waals surface area contributed by atoms with Gasteiger partial charge < -0.3 is 14.6 Å². The van der Waals surface area contributed by atoms with Gasteiger partial charge in [0.25, 0.3) is 0 Å². The van der Waals surface area contributed by atoms with Crippen molar-refractivity contribution in [2.75, 3.05) is 6.61 Å². The molecule has 0 bridgehead atoms. The third kappa shape index (κ3) is 5.32. The molecule has 2 aromatic carbocycles. The van der Waals surface area contributed by atoms with Crippen molar-refractivity contribution in [3.63, 3.8) is 0 Å². The summed E-state index contributed by atoms with van der Waals surface area (Å²) in [5, 5.41) is 11.7. The summed E-state index contributed by atoms with van der Waals surface area (Å²) in [6.07, 6.45) is 14.6. The van der Waals surface area contributed by atoms with Crippen LogP contribution in [0, 0.1) is 5.92 Å². The van der Waals surface area contributed by atoms with Crippen molar-refractivity contribution in [2.24, 2.45) is 5.92 Å². The van der Waals surface area contributed by atoms with Gasteiger partial charge >= 0.3 is 0 Å². The van der Waals surface area contributed by atoms with Gasteiger partial charge in [0.05, 0.1) is 18.3 Å². The Hall–Kier alpha value is -2.69. The largest absolute Gasteiger partial charge is 0.489 e. The number of hydrogen-bond acceptors (Lipinski definition) is 4. The van der Waals surface area contributed by atoms with Gasteiger partial charge in [-0.3, -0.25) is 4.98 Å². The van der Waals surface area contributed by atoms with Gasteiger partial charge in [0, 0.05) is 23.4 Å². The lowest BCUT2D eigenvalue weighted by Gasteiger charge is -2.53. The number of fused-ring (bicyclic) bond motifs is 3. The first-order chi connectivity index (χ1) is 18.1. The summed E-state index contributed by atoms with van der Waals surface area (Å²) in [6.45, 7) is 1.02. The third-order valence-corrected chi connectivity index (χ3v) is 9.20. The molecule has 1 N–H and O–H groups in total. The normalized spacial score (nSPS) is 27.4. The molecule has 4 heteroatoms. The molecule has 0 aliphatic heterocycles. The quantitative estimate of drug-likeness (QED) is 0.382. The van der Waals surface area contributed by atoms with Crippen LogP contribution in [0.5, 0.6) is 5.75 Å². The molecule has 1 heterocycles. The molecular formula is C33H39NO3. The maximum Gasteiger partial charge on any atom is 0.120 e. The van der Waals surface area contributed by atoms with Crippen molar-refractivity contribution in [3.05, 3.63) is 95.3 Å². The molecule has 1 aromatic heterocycles. The van der Waals surface area contributed by atoms with Gasteiger partial charge in [0.2, 0.25) is 0 Å². The van der Waals surface area contributed by atoms with Crippen LogP contribution in [-0.4, -0.2) is 28.4 Å². The van der Waals surface area contributed by atoms with E-state index in [9.17, 15) is 5.11 Å². The average molecular weight is 498 g/mol. The molecule has 0 radical (unpaired) electrons. The third-order valence-electron chi connectivity index (χ3n) is 9.20. The number of aryl methyl sites for hydroxylation is 1. The number of pyridine rings is 1. The van der Waals surface area contributed by atoms with Crippen LogP contribution < -0.4 is 4.74 Å². The minimum Gasteiger partial charge on any atom is -0.489 e. The predicted octanol–water partition coefficient (Wildman–Crippen LogP) is 6.58. The maximum absolute atomic E-state index is 11.7. The maximum atomic E-state index is 11.7. The summed E-state index contributed by atoms with van der Waals surface area (Å²) < 4.78 is 12.4. The summed E-state index contributed by atoms with van der Waals surface area (Å²) in [4.78, 5) is 4.20. The monoisotopic (exact) mass is 497 g/mol. The second kappa shape index (κ2) is 10.6. The van der Waals surface area contributed by atoms with E-state index in [0.717, 1.165) is 62.7 Å². The molecule has 3 aliphatic carbocycles.